The lowest BCUT2D eigenvalue weighted by atomic mass is 11.0. The molecule has 0 radical (unpaired) electrons. The summed E-state index contributed by atoms with van der Waals surface area (Å²) in [6.07, 6.45) is 0. The van der Waals surface area contributed by atoms with Crippen molar-refractivity contribution in [3.8, 4) is 0 Å². The number of azo groups is 1. The summed E-state index contributed by atoms with van der Waals surface area (Å²) in [4.78, 5) is 25.0. The first-order valence-corrected chi connectivity index (χ1v) is 4.30. The predicted molar refractivity (Wildman–Crippen MR) is 51.4 cm³/mol. The molecule has 2 aromatic rings. The summed E-state index contributed by atoms with van der Waals surface area (Å²) < 4.78 is 0. The van der Waals surface area contributed by atoms with E-state index in [1.807, 2.05) is 10.2 Å². The lowest BCUT2D eigenvalue weighted by Gasteiger charge is -1.95. The number of hydrogen-bond donors (Lipinski definition) is 2. The lowest BCUT2D eigenvalue weighted by Crippen LogP contribution is -1.94. The van der Waals surface area contributed by atoms with Crippen molar-refractivity contribution < 1.29 is 14.7 Å². The van der Waals surface area contributed by atoms with Crippen LogP contribution in [0, 0.1) is 25.4 Å². The SMILES string of the molecule is O=[N+]([O-])c1nc(/N=[N+](\[O-])c2n[nH]c([N+](=O)[O-])n2)n[nH]1. The number of aromatic nitrogens is 6. The number of rotatable bonds is 4. The molecule has 0 atom stereocenters. The third-order valence-electron chi connectivity index (χ3n) is 1.62. The quantitative estimate of drug-likeness (QED) is 0.321. The van der Waals surface area contributed by atoms with Gasteiger partial charge < -0.3 is 25.4 Å². The van der Waals surface area contributed by atoms with Crippen LogP contribution in [-0.2, 0) is 0 Å². The van der Waals surface area contributed by atoms with Crippen LogP contribution in [0.1, 0.15) is 0 Å². The molecule has 19 heavy (non-hydrogen) atoms. The van der Waals surface area contributed by atoms with Gasteiger partial charge in [0, 0.05) is 4.98 Å². The monoisotopic (exact) mass is 270 g/mol. The highest BCUT2D eigenvalue weighted by Gasteiger charge is 2.21. The average molecular weight is 270 g/mol. The van der Waals surface area contributed by atoms with Crippen molar-refractivity contribution in [2.24, 2.45) is 5.11 Å². The molecule has 0 saturated carbocycles. The summed E-state index contributed by atoms with van der Waals surface area (Å²) in [6.45, 7) is 0. The van der Waals surface area contributed by atoms with E-state index < -0.39 is 33.6 Å². The fraction of sp³-hybridized carbons (Fsp3) is 0. The first-order chi connectivity index (χ1) is 8.97. The number of H-pyrrole nitrogens is 2. The predicted octanol–water partition coefficient (Wildman–Crippen LogP) is -0.335. The molecule has 0 saturated heterocycles. The van der Waals surface area contributed by atoms with Crippen LogP contribution in [0.25, 0.3) is 0 Å². The third kappa shape index (κ3) is 2.43. The van der Waals surface area contributed by atoms with Crippen LogP contribution >= 0.6 is 0 Å². The standard InChI is InChI=1S/C4H2N10O5/c15-12(2-6-4(10-8-2)14(18)19)11-1-5-3(9-7-1)13(16)17/h(H,5,7,9)(H,6,8,10)/b12-11-. The second kappa shape index (κ2) is 4.39. The molecule has 2 rings (SSSR count). The number of hydrogen-bond acceptors (Lipinski definition) is 10. The molecule has 0 aliphatic carbocycles. The van der Waals surface area contributed by atoms with Crippen molar-refractivity contribution in [3.63, 3.8) is 0 Å². The minimum Gasteiger partial charge on any atom is -0.721 e. The molecule has 0 aliphatic heterocycles. The molecular weight excluding hydrogens is 268 g/mol. The minimum atomic E-state index is -0.901. The van der Waals surface area contributed by atoms with E-state index in [9.17, 15) is 25.4 Å². The maximum Gasteiger partial charge on any atom is 0.493 e. The Morgan fingerprint density at radius 1 is 0.947 bits per heavy atom. The van der Waals surface area contributed by atoms with E-state index >= 15 is 0 Å². The summed E-state index contributed by atoms with van der Waals surface area (Å²) in [5.41, 5.74) is 0. The van der Waals surface area contributed by atoms with E-state index in [0.717, 1.165) is 0 Å². The lowest BCUT2D eigenvalue weighted by molar-refractivity contribution is -0.445. The first kappa shape index (κ1) is 12.0. The summed E-state index contributed by atoms with van der Waals surface area (Å²) in [6, 6.07) is 0. The first-order valence-electron chi connectivity index (χ1n) is 4.30. The summed E-state index contributed by atoms with van der Waals surface area (Å²) in [5, 5.41) is 45.3. The van der Waals surface area contributed by atoms with Crippen LogP contribution in [0.3, 0.4) is 0 Å². The number of aromatic amines is 2. The number of nitrogens with zero attached hydrogens (tertiary/aromatic N) is 8. The van der Waals surface area contributed by atoms with Gasteiger partial charge in [0.05, 0.1) is 5.10 Å². The largest absolute Gasteiger partial charge is 0.721 e. The average Bonchev–Trinajstić information content (AvgIpc) is 2.96. The van der Waals surface area contributed by atoms with E-state index in [0.29, 0.717) is 0 Å². The van der Waals surface area contributed by atoms with Crippen molar-refractivity contribution in [1.82, 2.24) is 30.4 Å². The van der Waals surface area contributed by atoms with E-state index in [4.69, 9.17) is 0 Å². The highest BCUT2D eigenvalue weighted by atomic mass is 16.6. The molecule has 0 bridgehead atoms. The molecule has 15 heteroatoms. The van der Waals surface area contributed by atoms with Gasteiger partial charge in [-0.3, -0.25) is 0 Å². The van der Waals surface area contributed by atoms with Gasteiger partial charge in [-0.05, 0) is 25.0 Å². The van der Waals surface area contributed by atoms with Gasteiger partial charge in [0.2, 0.25) is 0 Å². The van der Waals surface area contributed by atoms with Gasteiger partial charge in [-0.1, -0.05) is 5.10 Å². The second-order valence-electron chi connectivity index (χ2n) is 2.81. The molecule has 2 heterocycles. The third-order valence-corrected chi connectivity index (χ3v) is 1.62. The Labute approximate surface area is 100 Å². The zero-order valence-electron chi connectivity index (χ0n) is 8.62. The van der Waals surface area contributed by atoms with Crippen molar-refractivity contribution in [3.05, 3.63) is 25.4 Å². The Bertz CT molecular complexity index is 669. The fourth-order valence-electron chi connectivity index (χ4n) is 0.909. The van der Waals surface area contributed by atoms with Crippen LogP contribution in [0.2, 0.25) is 0 Å². The van der Waals surface area contributed by atoms with Crippen LogP contribution in [-0.4, -0.2) is 45.1 Å². The fourth-order valence-corrected chi connectivity index (χ4v) is 0.909. The van der Waals surface area contributed by atoms with E-state index in [1.54, 1.807) is 0 Å². The molecule has 0 aromatic carbocycles. The molecule has 98 valence electrons. The zero-order valence-corrected chi connectivity index (χ0v) is 8.62. The van der Waals surface area contributed by atoms with Gasteiger partial charge in [0.1, 0.15) is 0 Å². The normalized spacial score (nSPS) is 11.5. The van der Waals surface area contributed by atoms with E-state index in [1.165, 1.54) is 0 Å². The molecule has 0 aliphatic rings. The number of nitrogens with one attached hydrogen (secondary N) is 2. The maximum atomic E-state index is 11.3. The van der Waals surface area contributed by atoms with Crippen LogP contribution in [0.15, 0.2) is 5.11 Å². The van der Waals surface area contributed by atoms with Crippen molar-refractivity contribution in [2.75, 3.05) is 0 Å². The minimum absolute atomic E-state index is 0.226. The summed E-state index contributed by atoms with van der Waals surface area (Å²) in [5.74, 6) is -2.69. The maximum absolute atomic E-state index is 11.3. The van der Waals surface area contributed by atoms with Crippen LogP contribution < -0.4 is 0 Å². The summed E-state index contributed by atoms with van der Waals surface area (Å²) >= 11 is 0. The van der Waals surface area contributed by atoms with E-state index in [2.05, 4.69) is 25.3 Å². The van der Waals surface area contributed by atoms with Gasteiger partial charge in [0.25, 0.3) is 0 Å². The van der Waals surface area contributed by atoms with Crippen LogP contribution in [0.4, 0.5) is 23.8 Å². The molecule has 2 aromatic heterocycles. The Balaban J connectivity index is 2.25. The van der Waals surface area contributed by atoms with Crippen molar-refractivity contribution in [2.45, 2.75) is 0 Å². The zero-order chi connectivity index (χ0) is 14.0. The van der Waals surface area contributed by atoms with Gasteiger partial charge in [0.15, 0.2) is 0 Å². The second-order valence-corrected chi connectivity index (χ2v) is 2.81. The van der Waals surface area contributed by atoms with Crippen LogP contribution in [0.5, 0.6) is 0 Å². The Hall–Kier alpha value is -3.52. The molecular formula is C4H2N10O5. The van der Waals surface area contributed by atoms with Crippen molar-refractivity contribution >= 4 is 23.8 Å². The molecule has 2 N–H and O–H groups in total. The van der Waals surface area contributed by atoms with Gasteiger partial charge >= 0.3 is 23.8 Å². The Kier molecular flexibility index (Phi) is 2.76. The Morgan fingerprint density at radius 2 is 1.53 bits per heavy atom. The molecule has 0 amide bonds. The Morgan fingerprint density at radius 3 is 2.05 bits per heavy atom. The molecule has 0 fully saturated rings. The molecule has 0 spiro atoms. The number of nitro groups is 2. The van der Waals surface area contributed by atoms with Gasteiger partial charge in [-0.2, -0.15) is 0 Å². The molecule has 15 nitrogen and oxygen atoms in total. The highest BCUT2D eigenvalue weighted by molar-refractivity contribution is 5.17. The molecule has 0 unspecified atom stereocenters. The van der Waals surface area contributed by atoms with E-state index in [-0.39, 0.29) is 4.86 Å². The highest BCUT2D eigenvalue weighted by Crippen LogP contribution is 2.13. The van der Waals surface area contributed by atoms with Gasteiger partial charge in [-0.15, -0.1) is 9.96 Å². The van der Waals surface area contributed by atoms with Crippen molar-refractivity contribution in [1.29, 1.82) is 0 Å². The smallest absolute Gasteiger partial charge is 0.493 e. The summed E-state index contributed by atoms with van der Waals surface area (Å²) in [7, 11) is 0. The topological polar surface area (TPSA) is 208 Å². The van der Waals surface area contributed by atoms with Gasteiger partial charge in [-0.25, -0.2) is 0 Å².